The fourth-order valence-electron chi connectivity index (χ4n) is 2.55. The van der Waals surface area contributed by atoms with Gasteiger partial charge in [-0.05, 0) is 28.7 Å². The number of ether oxygens (including phenoxy) is 1. The number of aromatic nitrogens is 4. The maximum Gasteiger partial charge on any atom is 0.389 e. The summed E-state index contributed by atoms with van der Waals surface area (Å²) in [5, 5.41) is 18.7. The third kappa shape index (κ3) is 4.27. The molecule has 0 amide bonds. The SMILES string of the molecule is COc1ccc(/C=C/C(=O)c2cnn(C)c2)cc1Cn1ccc([N+](=O)[O-])n1. The van der Waals surface area contributed by atoms with Crippen molar-refractivity contribution in [2.45, 2.75) is 6.54 Å². The first-order valence-corrected chi connectivity index (χ1v) is 8.02. The monoisotopic (exact) mass is 367 g/mol. The molecule has 0 unspecified atom stereocenters. The number of nitro groups is 1. The molecule has 9 heteroatoms. The molecule has 0 aliphatic heterocycles. The molecule has 0 aliphatic rings. The fraction of sp³-hybridized carbons (Fsp3) is 0.167. The lowest BCUT2D eigenvalue weighted by molar-refractivity contribution is -0.389. The second-order valence-electron chi connectivity index (χ2n) is 5.80. The molecule has 0 spiro atoms. The van der Waals surface area contributed by atoms with Crippen LogP contribution in [0, 0.1) is 10.1 Å². The summed E-state index contributed by atoms with van der Waals surface area (Å²) in [6, 6.07) is 6.78. The van der Waals surface area contributed by atoms with Crippen molar-refractivity contribution in [1.82, 2.24) is 19.6 Å². The normalized spacial score (nSPS) is 11.0. The average molecular weight is 367 g/mol. The highest BCUT2D eigenvalue weighted by molar-refractivity contribution is 6.06. The maximum atomic E-state index is 12.2. The minimum absolute atomic E-state index is 0.150. The first-order chi connectivity index (χ1) is 13.0. The van der Waals surface area contributed by atoms with E-state index in [9.17, 15) is 14.9 Å². The highest BCUT2D eigenvalue weighted by atomic mass is 16.6. The van der Waals surface area contributed by atoms with Gasteiger partial charge in [0.05, 0.1) is 42.8 Å². The van der Waals surface area contributed by atoms with Crippen LogP contribution in [0.3, 0.4) is 0 Å². The van der Waals surface area contributed by atoms with Gasteiger partial charge in [0.2, 0.25) is 0 Å². The molecule has 0 aliphatic carbocycles. The Labute approximate surface area is 154 Å². The standard InChI is InChI=1S/C18H17N5O4/c1-21-11-15(10-19-21)16(24)5-3-13-4-6-17(27-2)14(9-13)12-22-8-7-18(20-22)23(25)26/h3-11H,12H2,1-2H3/b5-3+. The number of rotatable bonds is 7. The zero-order valence-electron chi connectivity index (χ0n) is 14.8. The maximum absolute atomic E-state index is 12.2. The van der Waals surface area contributed by atoms with Gasteiger partial charge in [-0.15, -0.1) is 0 Å². The van der Waals surface area contributed by atoms with Crippen LogP contribution in [0.25, 0.3) is 6.08 Å². The summed E-state index contributed by atoms with van der Waals surface area (Å²) in [6.07, 6.45) is 7.87. The van der Waals surface area contributed by atoms with Gasteiger partial charge < -0.3 is 14.9 Å². The largest absolute Gasteiger partial charge is 0.496 e. The van der Waals surface area contributed by atoms with E-state index in [1.54, 1.807) is 37.2 Å². The summed E-state index contributed by atoms with van der Waals surface area (Å²) in [5.41, 5.74) is 2.09. The highest BCUT2D eigenvalue weighted by Gasteiger charge is 2.13. The van der Waals surface area contributed by atoms with Crippen LogP contribution in [-0.4, -0.2) is 37.4 Å². The predicted octanol–water partition coefficient (Wildman–Crippen LogP) is 2.48. The van der Waals surface area contributed by atoms with Crippen molar-refractivity contribution in [3.8, 4) is 5.75 Å². The Morgan fingerprint density at radius 2 is 2.19 bits per heavy atom. The molecule has 3 aromatic rings. The van der Waals surface area contributed by atoms with Crippen molar-refractivity contribution in [1.29, 1.82) is 0 Å². The quantitative estimate of drug-likeness (QED) is 0.275. The number of carbonyl (C=O) groups is 1. The molecule has 0 fully saturated rings. The number of allylic oxidation sites excluding steroid dienone is 1. The van der Waals surface area contributed by atoms with Crippen LogP contribution >= 0.6 is 0 Å². The Morgan fingerprint density at radius 1 is 1.37 bits per heavy atom. The summed E-state index contributed by atoms with van der Waals surface area (Å²) < 4.78 is 8.38. The van der Waals surface area contributed by atoms with E-state index < -0.39 is 4.92 Å². The minimum Gasteiger partial charge on any atom is -0.496 e. The van der Waals surface area contributed by atoms with Crippen LogP contribution in [0.15, 0.2) is 48.9 Å². The van der Waals surface area contributed by atoms with Gasteiger partial charge in [-0.2, -0.15) is 9.78 Å². The molecule has 0 radical (unpaired) electrons. The highest BCUT2D eigenvalue weighted by Crippen LogP contribution is 2.22. The number of benzene rings is 1. The summed E-state index contributed by atoms with van der Waals surface area (Å²) in [5.74, 6) is 0.263. The van der Waals surface area contributed by atoms with Crippen molar-refractivity contribution in [2.75, 3.05) is 7.11 Å². The van der Waals surface area contributed by atoms with Gasteiger partial charge in [0.15, 0.2) is 5.78 Å². The molecular formula is C18H17N5O4. The van der Waals surface area contributed by atoms with E-state index in [4.69, 9.17) is 4.74 Å². The molecular weight excluding hydrogens is 350 g/mol. The zero-order valence-corrected chi connectivity index (χ0v) is 14.8. The Morgan fingerprint density at radius 3 is 2.81 bits per heavy atom. The lowest BCUT2D eigenvalue weighted by Crippen LogP contribution is -2.03. The lowest BCUT2D eigenvalue weighted by atomic mass is 10.1. The van der Waals surface area contributed by atoms with Crippen molar-refractivity contribution in [3.05, 3.63) is 75.7 Å². The van der Waals surface area contributed by atoms with Crippen molar-refractivity contribution in [3.63, 3.8) is 0 Å². The molecule has 0 N–H and O–H groups in total. The van der Waals surface area contributed by atoms with Crippen LogP contribution in [-0.2, 0) is 13.6 Å². The number of aryl methyl sites for hydroxylation is 1. The van der Waals surface area contributed by atoms with E-state index in [1.165, 1.54) is 29.2 Å². The molecule has 138 valence electrons. The predicted molar refractivity (Wildman–Crippen MR) is 97.5 cm³/mol. The topological polar surface area (TPSA) is 105 Å². The molecule has 1 aromatic carbocycles. The van der Waals surface area contributed by atoms with E-state index in [1.807, 2.05) is 12.1 Å². The Balaban J connectivity index is 1.81. The van der Waals surface area contributed by atoms with Crippen molar-refractivity contribution in [2.24, 2.45) is 7.05 Å². The van der Waals surface area contributed by atoms with Crippen molar-refractivity contribution >= 4 is 17.7 Å². The van der Waals surface area contributed by atoms with Gasteiger partial charge in [-0.1, -0.05) is 12.1 Å². The van der Waals surface area contributed by atoms with Crippen LogP contribution in [0.1, 0.15) is 21.5 Å². The summed E-state index contributed by atoms with van der Waals surface area (Å²) in [6.45, 7) is 0.301. The molecule has 0 saturated carbocycles. The number of hydrogen-bond donors (Lipinski definition) is 0. The Kier molecular flexibility index (Phi) is 5.11. The van der Waals surface area contributed by atoms with Gasteiger partial charge in [0, 0.05) is 18.8 Å². The molecule has 27 heavy (non-hydrogen) atoms. The Hall–Kier alpha value is -3.75. The van der Waals surface area contributed by atoms with Crippen LogP contribution < -0.4 is 4.74 Å². The number of hydrogen-bond acceptors (Lipinski definition) is 6. The molecule has 0 saturated heterocycles. The summed E-state index contributed by atoms with van der Waals surface area (Å²) >= 11 is 0. The van der Waals surface area contributed by atoms with Gasteiger partial charge >= 0.3 is 5.82 Å². The van der Waals surface area contributed by atoms with Crippen LogP contribution in [0.2, 0.25) is 0 Å². The molecule has 2 aromatic heterocycles. The van der Waals surface area contributed by atoms with Gasteiger partial charge in [0.1, 0.15) is 5.75 Å². The third-order valence-corrected chi connectivity index (χ3v) is 3.87. The van der Waals surface area contributed by atoms with Crippen molar-refractivity contribution < 1.29 is 14.5 Å². The van der Waals surface area contributed by atoms with Crippen LogP contribution in [0.5, 0.6) is 5.75 Å². The molecule has 9 nitrogen and oxygen atoms in total. The van der Waals surface area contributed by atoms with E-state index in [-0.39, 0.29) is 11.6 Å². The Bertz CT molecular complexity index is 1020. The number of carbonyl (C=O) groups excluding carboxylic acids is 1. The second kappa shape index (κ2) is 7.65. The number of methoxy groups -OCH3 is 1. The van der Waals surface area contributed by atoms with Gasteiger partial charge in [-0.3, -0.25) is 9.48 Å². The molecule has 0 bridgehead atoms. The molecule has 0 atom stereocenters. The summed E-state index contributed by atoms with van der Waals surface area (Å²) in [4.78, 5) is 22.4. The number of ketones is 1. The summed E-state index contributed by atoms with van der Waals surface area (Å²) in [7, 11) is 3.29. The van der Waals surface area contributed by atoms with E-state index in [2.05, 4.69) is 10.2 Å². The first kappa shape index (κ1) is 18.1. The zero-order chi connectivity index (χ0) is 19.4. The minimum atomic E-state index is -0.545. The van der Waals surface area contributed by atoms with Crippen LogP contribution in [0.4, 0.5) is 5.82 Å². The third-order valence-electron chi connectivity index (χ3n) is 3.87. The van der Waals surface area contributed by atoms with E-state index in [0.717, 1.165) is 11.1 Å². The average Bonchev–Trinajstić information content (AvgIpc) is 3.29. The van der Waals surface area contributed by atoms with Gasteiger partial charge in [-0.25, -0.2) is 0 Å². The molecule has 2 heterocycles. The molecule has 3 rings (SSSR count). The van der Waals surface area contributed by atoms with E-state index in [0.29, 0.717) is 17.9 Å². The van der Waals surface area contributed by atoms with Gasteiger partial charge in [0.25, 0.3) is 0 Å². The number of nitrogens with zero attached hydrogens (tertiary/aromatic N) is 5. The first-order valence-electron chi connectivity index (χ1n) is 8.02. The fourth-order valence-corrected chi connectivity index (χ4v) is 2.55. The lowest BCUT2D eigenvalue weighted by Gasteiger charge is -2.08. The smallest absolute Gasteiger partial charge is 0.389 e. The van der Waals surface area contributed by atoms with E-state index >= 15 is 0 Å². The second-order valence-corrected chi connectivity index (χ2v) is 5.80.